The zero-order chi connectivity index (χ0) is 13.9. The molecule has 1 aliphatic carbocycles. The molecular weight excluding hydrogens is 260 g/mol. The molecule has 102 valence electrons. The quantitative estimate of drug-likeness (QED) is 0.817. The predicted molar refractivity (Wildman–Crippen MR) is 75.0 cm³/mol. The van der Waals surface area contributed by atoms with Crippen molar-refractivity contribution in [3.63, 3.8) is 0 Å². The fraction of sp³-hybridized carbons (Fsp3) is 0.429. The van der Waals surface area contributed by atoms with E-state index in [1.54, 1.807) is 24.3 Å². The highest BCUT2D eigenvalue weighted by molar-refractivity contribution is 7.89. The largest absolute Gasteiger partial charge is 0.320 e. The van der Waals surface area contributed by atoms with E-state index in [0.717, 1.165) is 19.3 Å². The molecule has 0 heterocycles. The van der Waals surface area contributed by atoms with Gasteiger partial charge in [0.15, 0.2) is 0 Å². The van der Waals surface area contributed by atoms with Crippen LogP contribution >= 0.6 is 0 Å². The molecule has 0 aliphatic heterocycles. The standard InChI is InChI=1S/C14H18N2O2S/c1-14(9-5-10-14)16-19(17,18)13-8-3-2-6-12(13)7-4-11-15/h2-3,6,8,16H,5,9-11,15H2,1H3. The molecule has 2 rings (SSSR count). The summed E-state index contributed by atoms with van der Waals surface area (Å²) in [6.45, 7) is 2.14. The highest BCUT2D eigenvalue weighted by Crippen LogP contribution is 2.32. The van der Waals surface area contributed by atoms with Crippen LogP contribution in [-0.4, -0.2) is 20.5 Å². The van der Waals surface area contributed by atoms with Crippen molar-refractivity contribution in [1.29, 1.82) is 0 Å². The summed E-state index contributed by atoms with van der Waals surface area (Å²) in [6.07, 6.45) is 2.82. The number of nitrogens with one attached hydrogen (secondary N) is 1. The number of benzene rings is 1. The number of hydrogen-bond acceptors (Lipinski definition) is 3. The Hall–Kier alpha value is -1.35. The Morgan fingerprint density at radius 1 is 1.37 bits per heavy atom. The first kappa shape index (κ1) is 14.1. The summed E-state index contributed by atoms with van der Waals surface area (Å²) in [7, 11) is -3.53. The minimum atomic E-state index is -3.53. The molecule has 0 amide bonds. The summed E-state index contributed by atoms with van der Waals surface area (Å²) in [6, 6.07) is 6.74. The monoisotopic (exact) mass is 278 g/mol. The van der Waals surface area contributed by atoms with Crippen LogP contribution in [-0.2, 0) is 10.0 Å². The molecule has 0 atom stereocenters. The molecule has 0 aromatic heterocycles. The van der Waals surface area contributed by atoms with Gasteiger partial charge in [0.05, 0.1) is 11.4 Å². The molecule has 4 nitrogen and oxygen atoms in total. The van der Waals surface area contributed by atoms with Crippen molar-refractivity contribution in [2.24, 2.45) is 5.73 Å². The Balaban J connectivity index is 2.34. The average molecular weight is 278 g/mol. The van der Waals surface area contributed by atoms with Gasteiger partial charge in [-0.25, -0.2) is 13.1 Å². The Morgan fingerprint density at radius 2 is 2.05 bits per heavy atom. The Morgan fingerprint density at radius 3 is 2.63 bits per heavy atom. The van der Waals surface area contributed by atoms with Gasteiger partial charge in [0.2, 0.25) is 10.0 Å². The number of rotatable bonds is 3. The van der Waals surface area contributed by atoms with Gasteiger partial charge in [-0.3, -0.25) is 0 Å². The molecule has 1 fully saturated rings. The van der Waals surface area contributed by atoms with Gasteiger partial charge in [-0.1, -0.05) is 24.0 Å². The summed E-state index contributed by atoms with van der Waals surface area (Å²) in [4.78, 5) is 0.226. The predicted octanol–water partition coefficient (Wildman–Crippen LogP) is 1.22. The molecule has 0 radical (unpaired) electrons. The lowest BCUT2D eigenvalue weighted by Gasteiger charge is -2.38. The second kappa shape index (κ2) is 5.33. The highest BCUT2D eigenvalue weighted by atomic mass is 32.2. The van der Waals surface area contributed by atoms with E-state index >= 15 is 0 Å². The molecule has 1 aliphatic rings. The Bertz CT molecular complexity index is 622. The van der Waals surface area contributed by atoms with E-state index in [1.165, 1.54) is 0 Å². The zero-order valence-corrected chi connectivity index (χ0v) is 11.8. The van der Waals surface area contributed by atoms with Crippen LogP contribution in [0.5, 0.6) is 0 Å². The van der Waals surface area contributed by atoms with Crippen molar-refractivity contribution in [3.05, 3.63) is 29.8 Å². The summed E-state index contributed by atoms with van der Waals surface area (Å²) in [5.74, 6) is 5.50. The van der Waals surface area contributed by atoms with Gasteiger partial charge in [0.25, 0.3) is 0 Å². The molecular formula is C14H18N2O2S. The Labute approximate surface area is 114 Å². The first-order valence-electron chi connectivity index (χ1n) is 6.29. The minimum absolute atomic E-state index is 0.208. The van der Waals surface area contributed by atoms with Crippen molar-refractivity contribution in [2.75, 3.05) is 6.54 Å². The SMILES string of the molecule is CC1(NS(=O)(=O)c2ccccc2C#CCN)CCC1. The van der Waals surface area contributed by atoms with Gasteiger partial charge >= 0.3 is 0 Å². The lowest BCUT2D eigenvalue weighted by atomic mass is 9.80. The summed E-state index contributed by atoms with van der Waals surface area (Å²) in [5, 5.41) is 0. The summed E-state index contributed by atoms with van der Waals surface area (Å²) < 4.78 is 27.6. The first-order chi connectivity index (χ1) is 8.97. The first-order valence-corrected chi connectivity index (χ1v) is 7.77. The third kappa shape index (κ3) is 3.16. The van der Waals surface area contributed by atoms with E-state index in [4.69, 9.17) is 5.73 Å². The normalized spacial score (nSPS) is 17.2. The summed E-state index contributed by atoms with van der Waals surface area (Å²) in [5.41, 5.74) is 5.51. The highest BCUT2D eigenvalue weighted by Gasteiger charge is 2.36. The van der Waals surface area contributed by atoms with Crippen LogP contribution in [0.15, 0.2) is 29.2 Å². The lowest BCUT2D eigenvalue weighted by molar-refractivity contribution is 0.248. The summed E-state index contributed by atoms with van der Waals surface area (Å²) >= 11 is 0. The number of nitrogens with two attached hydrogens (primary N) is 1. The molecule has 1 aromatic carbocycles. The smallest absolute Gasteiger partial charge is 0.242 e. The Kier molecular flexibility index (Phi) is 3.95. The number of sulfonamides is 1. The number of hydrogen-bond donors (Lipinski definition) is 2. The van der Waals surface area contributed by atoms with E-state index in [9.17, 15) is 8.42 Å². The van der Waals surface area contributed by atoms with Crippen LogP contribution in [0.1, 0.15) is 31.7 Å². The van der Waals surface area contributed by atoms with Crippen LogP contribution in [0.4, 0.5) is 0 Å². The van der Waals surface area contributed by atoms with Crippen LogP contribution in [0, 0.1) is 11.8 Å². The van der Waals surface area contributed by atoms with E-state index in [1.807, 2.05) is 6.92 Å². The molecule has 1 saturated carbocycles. The maximum atomic E-state index is 12.4. The van der Waals surface area contributed by atoms with Gasteiger partial charge in [-0.05, 0) is 38.3 Å². The molecule has 3 N–H and O–H groups in total. The van der Waals surface area contributed by atoms with Crippen LogP contribution in [0.2, 0.25) is 0 Å². The molecule has 0 saturated heterocycles. The van der Waals surface area contributed by atoms with Crippen molar-refractivity contribution in [2.45, 2.75) is 36.6 Å². The minimum Gasteiger partial charge on any atom is -0.320 e. The fourth-order valence-electron chi connectivity index (χ4n) is 2.14. The average Bonchev–Trinajstić information content (AvgIpc) is 2.34. The van der Waals surface area contributed by atoms with Crippen molar-refractivity contribution >= 4 is 10.0 Å². The van der Waals surface area contributed by atoms with Gasteiger partial charge < -0.3 is 5.73 Å². The molecule has 0 spiro atoms. The van der Waals surface area contributed by atoms with Crippen molar-refractivity contribution in [1.82, 2.24) is 4.72 Å². The van der Waals surface area contributed by atoms with Crippen molar-refractivity contribution < 1.29 is 8.42 Å². The van der Waals surface area contributed by atoms with Gasteiger partial charge in [-0.15, -0.1) is 0 Å². The van der Waals surface area contributed by atoms with Crippen LogP contribution in [0.3, 0.4) is 0 Å². The van der Waals surface area contributed by atoms with Gasteiger partial charge in [0, 0.05) is 11.1 Å². The fourth-order valence-corrected chi connectivity index (χ4v) is 3.77. The topological polar surface area (TPSA) is 72.2 Å². The van der Waals surface area contributed by atoms with E-state index < -0.39 is 10.0 Å². The van der Waals surface area contributed by atoms with Crippen LogP contribution < -0.4 is 10.5 Å². The third-order valence-electron chi connectivity index (χ3n) is 3.34. The van der Waals surface area contributed by atoms with E-state index in [0.29, 0.717) is 5.56 Å². The van der Waals surface area contributed by atoms with E-state index in [2.05, 4.69) is 16.6 Å². The lowest BCUT2D eigenvalue weighted by Crippen LogP contribution is -2.50. The molecule has 19 heavy (non-hydrogen) atoms. The van der Waals surface area contributed by atoms with Crippen LogP contribution in [0.25, 0.3) is 0 Å². The maximum Gasteiger partial charge on any atom is 0.242 e. The second-order valence-corrected chi connectivity index (χ2v) is 6.67. The van der Waals surface area contributed by atoms with Crippen molar-refractivity contribution in [3.8, 4) is 11.8 Å². The van der Waals surface area contributed by atoms with Gasteiger partial charge in [0.1, 0.15) is 0 Å². The van der Waals surface area contributed by atoms with Gasteiger partial charge in [-0.2, -0.15) is 0 Å². The molecule has 0 unspecified atom stereocenters. The third-order valence-corrected chi connectivity index (χ3v) is 5.04. The zero-order valence-electron chi connectivity index (χ0n) is 10.9. The molecule has 1 aromatic rings. The molecule has 5 heteroatoms. The maximum absolute atomic E-state index is 12.4. The van der Waals surface area contributed by atoms with E-state index in [-0.39, 0.29) is 17.0 Å². The molecule has 0 bridgehead atoms. The second-order valence-electron chi connectivity index (χ2n) is 5.02.